The highest BCUT2D eigenvalue weighted by atomic mass is 16.6. The van der Waals surface area contributed by atoms with E-state index in [0.29, 0.717) is 0 Å². The fourth-order valence-corrected chi connectivity index (χ4v) is 3.24. The monoisotopic (exact) mass is 264 g/mol. The summed E-state index contributed by atoms with van der Waals surface area (Å²) in [5, 5.41) is 0. The maximum atomic E-state index is 12.7. The van der Waals surface area contributed by atoms with E-state index in [4.69, 9.17) is 4.74 Å². The molecular formula is C18H16O2. The van der Waals surface area contributed by atoms with Crippen LogP contribution in [0.3, 0.4) is 0 Å². The highest BCUT2D eigenvalue weighted by Gasteiger charge is 2.63. The van der Waals surface area contributed by atoms with Crippen molar-refractivity contribution in [1.29, 1.82) is 0 Å². The van der Waals surface area contributed by atoms with Crippen molar-refractivity contribution in [2.45, 2.75) is 31.5 Å². The van der Waals surface area contributed by atoms with E-state index in [1.165, 1.54) is 5.56 Å². The van der Waals surface area contributed by atoms with Crippen molar-refractivity contribution in [3.05, 3.63) is 70.8 Å². The summed E-state index contributed by atoms with van der Waals surface area (Å²) in [4.78, 5) is 12.7. The van der Waals surface area contributed by atoms with Gasteiger partial charge in [0, 0.05) is 5.56 Å². The van der Waals surface area contributed by atoms with Gasteiger partial charge in [-0.1, -0.05) is 54.1 Å². The van der Waals surface area contributed by atoms with Crippen molar-refractivity contribution >= 4 is 5.78 Å². The number of ketones is 1. The van der Waals surface area contributed by atoms with E-state index < -0.39 is 5.60 Å². The molecule has 0 bridgehead atoms. The Bertz CT molecular complexity index is 687. The van der Waals surface area contributed by atoms with E-state index in [9.17, 15) is 4.79 Å². The second kappa shape index (κ2) is 4.03. The van der Waals surface area contributed by atoms with Gasteiger partial charge < -0.3 is 4.74 Å². The molecule has 2 nitrogen and oxygen atoms in total. The fourth-order valence-electron chi connectivity index (χ4n) is 3.24. The number of fused-ring (bicyclic) bond motifs is 1. The fraction of sp³-hybridized carbons (Fsp3) is 0.278. The van der Waals surface area contributed by atoms with Crippen LogP contribution in [-0.4, -0.2) is 11.4 Å². The highest BCUT2D eigenvalue weighted by molar-refractivity contribution is 6.07. The van der Waals surface area contributed by atoms with Gasteiger partial charge in [-0.15, -0.1) is 0 Å². The number of aryl methyl sites for hydroxylation is 2. The van der Waals surface area contributed by atoms with E-state index in [1.54, 1.807) is 0 Å². The van der Waals surface area contributed by atoms with Crippen LogP contribution in [0.2, 0.25) is 0 Å². The summed E-state index contributed by atoms with van der Waals surface area (Å²) in [5.41, 5.74) is 3.74. The Morgan fingerprint density at radius 1 is 1.10 bits per heavy atom. The van der Waals surface area contributed by atoms with E-state index in [2.05, 4.69) is 31.2 Å². The molecule has 2 aromatic carbocycles. The number of carbonyl (C=O) groups excluding carboxylic acids is 1. The Morgan fingerprint density at radius 3 is 2.65 bits per heavy atom. The molecule has 1 aliphatic heterocycles. The summed E-state index contributed by atoms with van der Waals surface area (Å²) < 4.78 is 5.89. The van der Waals surface area contributed by atoms with Crippen LogP contribution in [-0.2, 0) is 11.2 Å². The minimum atomic E-state index is -0.594. The molecule has 2 aliphatic rings. The molecule has 0 amide bonds. The van der Waals surface area contributed by atoms with Crippen LogP contribution in [0.25, 0.3) is 0 Å². The standard InChI is InChI=1S/C18H16O2/c1-12-6-8-14(9-7-12)17-18(20-17)11-10-13-4-2-3-5-15(13)16(18)19/h2-9,17H,10-11H2,1H3/t17-,18-/m1/s1. The molecule has 2 heteroatoms. The third kappa shape index (κ3) is 1.58. The summed E-state index contributed by atoms with van der Waals surface area (Å²) in [6, 6.07) is 16.2. The smallest absolute Gasteiger partial charge is 0.198 e. The molecule has 0 saturated carbocycles. The van der Waals surface area contributed by atoms with Crippen LogP contribution in [0.1, 0.15) is 39.6 Å². The zero-order valence-electron chi connectivity index (χ0n) is 11.4. The van der Waals surface area contributed by atoms with E-state index in [0.717, 1.165) is 29.5 Å². The molecule has 100 valence electrons. The normalized spacial score (nSPS) is 27.4. The lowest BCUT2D eigenvalue weighted by atomic mass is 9.79. The number of hydrogen-bond donors (Lipinski definition) is 0. The quantitative estimate of drug-likeness (QED) is 0.736. The Hall–Kier alpha value is -1.93. The second-order valence-corrected chi connectivity index (χ2v) is 5.78. The van der Waals surface area contributed by atoms with E-state index in [-0.39, 0.29) is 11.9 Å². The van der Waals surface area contributed by atoms with Gasteiger partial charge in [-0.2, -0.15) is 0 Å². The van der Waals surface area contributed by atoms with Crippen LogP contribution in [0.5, 0.6) is 0 Å². The summed E-state index contributed by atoms with van der Waals surface area (Å²) in [5.74, 6) is 0.157. The lowest BCUT2D eigenvalue weighted by molar-refractivity contribution is 0.0850. The molecule has 1 aliphatic carbocycles. The number of hydrogen-bond acceptors (Lipinski definition) is 2. The molecule has 1 fully saturated rings. The maximum Gasteiger partial charge on any atom is 0.198 e. The molecule has 4 rings (SSSR count). The zero-order chi connectivity index (χ0) is 13.7. The summed E-state index contributed by atoms with van der Waals surface area (Å²) in [6.07, 6.45) is 1.65. The Morgan fingerprint density at radius 2 is 1.85 bits per heavy atom. The minimum Gasteiger partial charge on any atom is -0.352 e. The summed E-state index contributed by atoms with van der Waals surface area (Å²) >= 11 is 0. The van der Waals surface area contributed by atoms with E-state index >= 15 is 0 Å². The molecule has 2 atom stereocenters. The van der Waals surface area contributed by atoms with Gasteiger partial charge in [0.25, 0.3) is 0 Å². The summed E-state index contributed by atoms with van der Waals surface area (Å²) in [6.45, 7) is 2.06. The molecular weight excluding hydrogens is 248 g/mol. The van der Waals surface area contributed by atoms with Gasteiger partial charge in [0.2, 0.25) is 0 Å². The Balaban J connectivity index is 1.69. The van der Waals surface area contributed by atoms with Crippen LogP contribution in [0, 0.1) is 6.92 Å². The van der Waals surface area contributed by atoms with Crippen molar-refractivity contribution in [3.63, 3.8) is 0 Å². The first-order valence-electron chi connectivity index (χ1n) is 7.08. The molecule has 1 spiro atoms. The van der Waals surface area contributed by atoms with Gasteiger partial charge in [-0.05, 0) is 30.9 Å². The van der Waals surface area contributed by atoms with Gasteiger partial charge in [0.05, 0.1) is 0 Å². The number of epoxide rings is 1. The topological polar surface area (TPSA) is 29.6 Å². The lowest BCUT2D eigenvalue weighted by Gasteiger charge is -2.20. The number of Topliss-reactive ketones (excluding diaryl/α,β-unsaturated/α-hetero) is 1. The largest absolute Gasteiger partial charge is 0.352 e. The average Bonchev–Trinajstić information content (AvgIpc) is 3.20. The maximum absolute atomic E-state index is 12.7. The molecule has 1 heterocycles. The highest BCUT2D eigenvalue weighted by Crippen LogP contribution is 2.56. The van der Waals surface area contributed by atoms with Crippen LogP contribution in [0.4, 0.5) is 0 Å². The Kier molecular flexibility index (Phi) is 2.39. The SMILES string of the molecule is Cc1ccc([C@H]2O[C@@]23CCc2ccccc2C3=O)cc1. The van der Waals surface area contributed by atoms with Crippen molar-refractivity contribution in [3.8, 4) is 0 Å². The molecule has 0 unspecified atom stereocenters. The van der Waals surface area contributed by atoms with Crippen LogP contribution < -0.4 is 0 Å². The molecule has 20 heavy (non-hydrogen) atoms. The van der Waals surface area contributed by atoms with Crippen molar-refractivity contribution in [2.24, 2.45) is 0 Å². The summed E-state index contributed by atoms with van der Waals surface area (Å²) in [7, 11) is 0. The lowest BCUT2D eigenvalue weighted by Crippen LogP contribution is -2.31. The first-order valence-corrected chi connectivity index (χ1v) is 7.08. The van der Waals surface area contributed by atoms with Gasteiger partial charge in [-0.25, -0.2) is 0 Å². The molecule has 0 radical (unpaired) electrons. The van der Waals surface area contributed by atoms with Crippen LogP contribution >= 0.6 is 0 Å². The molecule has 0 N–H and O–H groups in total. The van der Waals surface area contributed by atoms with Crippen LogP contribution in [0.15, 0.2) is 48.5 Å². The predicted octanol–water partition coefficient (Wildman–Crippen LogP) is 3.63. The molecule has 1 saturated heterocycles. The first kappa shape index (κ1) is 11.9. The number of benzene rings is 2. The first-order chi connectivity index (χ1) is 9.71. The van der Waals surface area contributed by atoms with Crippen molar-refractivity contribution in [1.82, 2.24) is 0 Å². The predicted molar refractivity (Wildman–Crippen MR) is 76.8 cm³/mol. The third-order valence-electron chi connectivity index (χ3n) is 4.49. The minimum absolute atomic E-state index is 0.0658. The van der Waals surface area contributed by atoms with Gasteiger partial charge >= 0.3 is 0 Å². The molecule has 2 aromatic rings. The molecule has 0 aromatic heterocycles. The third-order valence-corrected chi connectivity index (χ3v) is 4.49. The number of rotatable bonds is 1. The number of carbonyl (C=O) groups is 1. The zero-order valence-corrected chi connectivity index (χ0v) is 11.4. The van der Waals surface area contributed by atoms with Gasteiger partial charge in [0.1, 0.15) is 6.10 Å². The van der Waals surface area contributed by atoms with Gasteiger partial charge in [0.15, 0.2) is 11.4 Å². The number of ether oxygens (including phenoxy) is 1. The van der Waals surface area contributed by atoms with Crippen molar-refractivity contribution in [2.75, 3.05) is 0 Å². The second-order valence-electron chi connectivity index (χ2n) is 5.78. The van der Waals surface area contributed by atoms with Gasteiger partial charge in [-0.3, -0.25) is 4.79 Å². The van der Waals surface area contributed by atoms with E-state index in [1.807, 2.05) is 24.3 Å². The average molecular weight is 264 g/mol. The van der Waals surface area contributed by atoms with Crippen molar-refractivity contribution < 1.29 is 9.53 Å². The Labute approximate surface area is 118 Å².